The van der Waals surface area contributed by atoms with Crippen molar-refractivity contribution in [1.29, 1.82) is 0 Å². The molecule has 0 saturated heterocycles. The lowest BCUT2D eigenvalue weighted by molar-refractivity contribution is -0.161. The molecule has 0 aromatic carbocycles. The van der Waals surface area contributed by atoms with Crippen molar-refractivity contribution in [3.8, 4) is 0 Å². The Morgan fingerprint density at radius 1 is 0.301 bits per heavy atom. The summed E-state index contributed by atoms with van der Waals surface area (Å²) in [4.78, 5) is 58.4. The van der Waals surface area contributed by atoms with Crippen molar-refractivity contribution in [3.05, 3.63) is 72.9 Å². The number of hydrogen-bond donors (Lipinski definition) is 4. The Labute approximate surface area is 566 Å². The Bertz CT molecular complexity index is 1990. The second-order valence-corrected chi connectivity index (χ2v) is 28.0. The predicted octanol–water partition coefficient (Wildman–Crippen LogP) is 21.1. The topological polar surface area (TPSA) is 231 Å². The number of carbonyl (C=O) groups is 3. The summed E-state index contributed by atoms with van der Waals surface area (Å²) >= 11 is 0. The molecule has 0 heterocycles. The minimum atomic E-state index is -4.92. The van der Waals surface area contributed by atoms with Crippen molar-refractivity contribution >= 4 is 33.6 Å². The summed E-state index contributed by atoms with van der Waals surface area (Å²) in [7, 11) is -9.76. The van der Waals surface area contributed by atoms with Crippen LogP contribution in [-0.4, -0.2) is 95.9 Å². The number of unbranched alkanes of at least 4 members (excludes halogenated alkanes) is 36. The average Bonchev–Trinajstić information content (AvgIpc) is 3.75. The van der Waals surface area contributed by atoms with Crippen LogP contribution in [0.25, 0.3) is 0 Å². The highest BCUT2D eigenvalue weighted by Gasteiger charge is 2.29. The van der Waals surface area contributed by atoms with Gasteiger partial charge in [-0.25, -0.2) is 9.13 Å². The van der Waals surface area contributed by atoms with Gasteiger partial charge in [-0.15, -0.1) is 0 Å². The maximum Gasteiger partial charge on any atom is 0.472 e. The van der Waals surface area contributed by atoms with E-state index in [2.05, 4.69) is 93.7 Å². The summed E-state index contributed by atoms with van der Waals surface area (Å²) < 4.78 is 60.9. The monoisotopic (exact) mass is 1350 g/mol. The normalized spacial score (nSPS) is 14.5. The van der Waals surface area contributed by atoms with E-state index in [0.717, 1.165) is 116 Å². The molecule has 5 atom stereocenters. The van der Waals surface area contributed by atoms with E-state index < -0.39 is 91.5 Å². The van der Waals surface area contributed by atoms with Crippen LogP contribution in [0.15, 0.2) is 72.9 Å². The van der Waals surface area contributed by atoms with Crippen LogP contribution in [0, 0.1) is 0 Å². The van der Waals surface area contributed by atoms with Crippen molar-refractivity contribution in [2.75, 3.05) is 39.6 Å². The predicted molar refractivity (Wildman–Crippen MR) is 381 cm³/mol. The third kappa shape index (κ3) is 70.1. The lowest BCUT2D eigenvalue weighted by Gasteiger charge is -2.21. The molecule has 0 aromatic rings. The number of allylic oxidation sites excluding steroid dienone is 12. The van der Waals surface area contributed by atoms with Crippen LogP contribution in [0.4, 0.5) is 0 Å². The molecule has 0 bridgehead atoms. The zero-order valence-corrected chi connectivity index (χ0v) is 60.7. The molecule has 93 heavy (non-hydrogen) atoms. The summed E-state index contributed by atoms with van der Waals surface area (Å²) in [6, 6.07) is 0. The third-order valence-electron chi connectivity index (χ3n) is 15.9. The molecule has 0 rings (SSSR count). The van der Waals surface area contributed by atoms with Crippen LogP contribution in [0.1, 0.15) is 329 Å². The SMILES string of the molecule is CCC/C=C\C/C=C\CCCCCCCC(=O)OCC(COP(=O)(O)OCC(O)COP(=O)(O)OCC(O)COC(=O)CCCCCCCCCCCCCCCCC/C=C\C/C=C\C/C=C\C/C=C\CCCCC)OC(=O)CCCCCCCCCCCCCCC. The first-order valence-corrected chi connectivity index (χ1v) is 40.2. The standard InChI is InChI=1S/C75H136O16P2/c1-4-7-10-13-16-19-22-25-26-27-28-29-30-31-32-33-34-35-36-37-38-39-40-41-42-45-47-49-52-55-58-61-73(78)85-64-70(76)65-87-92(81,82)88-66-71(77)67-89-93(83,84)90-69-72(91-75(80)63-60-57-54-51-48-44-24-21-18-15-12-9-6-3)68-86-74(79)62-59-56-53-50-46-43-23-20-17-14-11-8-5-2/h11,14,16,19-20,23,25-26,28-29,31-32,70-72,76-77H,4-10,12-13,15,17-18,21-22,24,27,30,33-69H2,1-3H3,(H,81,82)(H,83,84)/b14-11-,19-16-,23-20-,26-25-,29-28-,32-31-. The molecule has 0 amide bonds. The number of esters is 3. The first-order chi connectivity index (χ1) is 45.2. The highest BCUT2D eigenvalue weighted by atomic mass is 31.2. The molecule has 0 spiro atoms. The molecule has 0 aliphatic carbocycles. The van der Waals surface area contributed by atoms with Gasteiger partial charge in [-0.3, -0.25) is 32.5 Å². The Hall–Kier alpha value is -3.01. The molecule has 0 fully saturated rings. The fourth-order valence-corrected chi connectivity index (χ4v) is 11.8. The number of aliphatic hydroxyl groups is 2. The Morgan fingerprint density at radius 2 is 0.559 bits per heavy atom. The van der Waals surface area contributed by atoms with Crippen molar-refractivity contribution in [2.45, 2.75) is 347 Å². The minimum Gasteiger partial charge on any atom is -0.463 e. The van der Waals surface area contributed by atoms with E-state index in [4.69, 9.17) is 32.3 Å². The molecule has 0 saturated carbocycles. The van der Waals surface area contributed by atoms with E-state index in [1.165, 1.54) is 154 Å². The van der Waals surface area contributed by atoms with Gasteiger partial charge in [-0.2, -0.15) is 0 Å². The van der Waals surface area contributed by atoms with E-state index >= 15 is 0 Å². The van der Waals surface area contributed by atoms with Gasteiger partial charge < -0.3 is 34.2 Å². The summed E-state index contributed by atoms with van der Waals surface area (Å²) in [6.45, 7) is 2.60. The zero-order chi connectivity index (χ0) is 68.1. The molecule has 0 radical (unpaired) electrons. The Morgan fingerprint density at radius 3 is 0.914 bits per heavy atom. The number of phosphoric ester groups is 2. The largest absolute Gasteiger partial charge is 0.472 e. The Balaban J connectivity index is 4.36. The van der Waals surface area contributed by atoms with Gasteiger partial charge in [0.25, 0.3) is 0 Å². The molecule has 4 N–H and O–H groups in total. The van der Waals surface area contributed by atoms with Gasteiger partial charge in [0.2, 0.25) is 0 Å². The number of carbonyl (C=O) groups excluding carboxylic acids is 3. The van der Waals surface area contributed by atoms with Gasteiger partial charge in [0.15, 0.2) is 6.10 Å². The van der Waals surface area contributed by atoms with E-state index in [1.54, 1.807) is 0 Å². The van der Waals surface area contributed by atoms with Crippen molar-refractivity contribution in [2.24, 2.45) is 0 Å². The first kappa shape index (κ1) is 90.0. The fourth-order valence-electron chi connectivity index (χ4n) is 10.2. The number of hydrogen-bond acceptors (Lipinski definition) is 14. The second kappa shape index (κ2) is 68.9. The summed E-state index contributed by atoms with van der Waals surface area (Å²) in [6.07, 6.45) is 74.0. The smallest absolute Gasteiger partial charge is 0.463 e. The van der Waals surface area contributed by atoms with Crippen molar-refractivity contribution in [3.63, 3.8) is 0 Å². The highest BCUT2D eigenvalue weighted by Crippen LogP contribution is 2.45. The molecule has 5 unspecified atom stereocenters. The zero-order valence-electron chi connectivity index (χ0n) is 58.9. The molecule has 18 heteroatoms. The van der Waals surface area contributed by atoms with Crippen LogP contribution >= 0.6 is 15.6 Å². The number of phosphoric acid groups is 2. The molecule has 0 aromatic heterocycles. The molecule has 542 valence electrons. The quantitative estimate of drug-likeness (QED) is 0.0146. The van der Waals surface area contributed by atoms with Gasteiger partial charge in [-0.1, -0.05) is 293 Å². The second-order valence-electron chi connectivity index (χ2n) is 25.1. The lowest BCUT2D eigenvalue weighted by Crippen LogP contribution is -2.30. The summed E-state index contributed by atoms with van der Waals surface area (Å²) in [5.41, 5.74) is 0. The van der Waals surface area contributed by atoms with Gasteiger partial charge in [0.1, 0.15) is 25.4 Å². The van der Waals surface area contributed by atoms with E-state index in [-0.39, 0.29) is 19.3 Å². The number of aliphatic hydroxyl groups excluding tert-OH is 2. The van der Waals surface area contributed by atoms with E-state index in [0.29, 0.717) is 19.3 Å². The number of rotatable bonds is 71. The van der Waals surface area contributed by atoms with Gasteiger partial charge >= 0.3 is 33.6 Å². The van der Waals surface area contributed by atoms with Crippen LogP contribution in [0.3, 0.4) is 0 Å². The minimum absolute atomic E-state index is 0.107. The molecule has 0 aliphatic heterocycles. The van der Waals surface area contributed by atoms with Gasteiger partial charge in [0, 0.05) is 19.3 Å². The molecular weight excluding hydrogens is 1220 g/mol. The molecular formula is C75H136O16P2. The molecule has 0 aliphatic rings. The first-order valence-electron chi connectivity index (χ1n) is 37.2. The van der Waals surface area contributed by atoms with E-state index in [1.807, 2.05) is 0 Å². The highest BCUT2D eigenvalue weighted by molar-refractivity contribution is 7.47. The van der Waals surface area contributed by atoms with Crippen LogP contribution in [-0.2, 0) is 55.8 Å². The van der Waals surface area contributed by atoms with Gasteiger partial charge in [0.05, 0.1) is 26.4 Å². The van der Waals surface area contributed by atoms with Crippen molar-refractivity contribution in [1.82, 2.24) is 0 Å². The van der Waals surface area contributed by atoms with Crippen LogP contribution < -0.4 is 0 Å². The number of ether oxygens (including phenoxy) is 3. The lowest BCUT2D eigenvalue weighted by atomic mass is 10.0. The van der Waals surface area contributed by atoms with Crippen molar-refractivity contribution < 1.29 is 75.8 Å². The summed E-state index contributed by atoms with van der Waals surface area (Å²) in [5, 5.41) is 20.6. The maximum atomic E-state index is 12.9. The summed E-state index contributed by atoms with van der Waals surface area (Å²) in [5.74, 6) is -1.58. The average molecular weight is 1360 g/mol. The maximum absolute atomic E-state index is 12.9. The van der Waals surface area contributed by atoms with Crippen LogP contribution in [0.2, 0.25) is 0 Å². The third-order valence-corrected chi connectivity index (χ3v) is 17.8. The van der Waals surface area contributed by atoms with E-state index in [9.17, 15) is 43.5 Å². The Kier molecular flexibility index (Phi) is 66.7. The van der Waals surface area contributed by atoms with Gasteiger partial charge in [-0.05, 0) is 89.9 Å². The molecule has 16 nitrogen and oxygen atoms in total. The fraction of sp³-hybridized carbons (Fsp3) is 0.800. The van der Waals surface area contributed by atoms with Crippen LogP contribution in [0.5, 0.6) is 0 Å².